The Balaban J connectivity index is 1.71. The van der Waals surface area contributed by atoms with Crippen LogP contribution in [0.15, 0.2) is 24.4 Å². The van der Waals surface area contributed by atoms with Crippen LogP contribution >= 0.6 is 0 Å². The number of halogens is 1. The average molecular weight is 248 g/mol. The molecule has 0 amide bonds. The zero-order valence-electron chi connectivity index (χ0n) is 10.2. The van der Waals surface area contributed by atoms with Gasteiger partial charge in [0.2, 0.25) is 0 Å². The van der Waals surface area contributed by atoms with E-state index < -0.39 is 0 Å². The second-order valence-corrected chi connectivity index (χ2v) is 5.00. The summed E-state index contributed by atoms with van der Waals surface area (Å²) in [7, 11) is 0. The Labute approximate surface area is 105 Å². The molecular formula is C14H17FN2O. The lowest BCUT2D eigenvalue weighted by Crippen LogP contribution is -2.24. The molecule has 0 radical (unpaired) electrons. The van der Waals surface area contributed by atoms with E-state index in [1.54, 1.807) is 0 Å². The van der Waals surface area contributed by atoms with Gasteiger partial charge in [-0.15, -0.1) is 0 Å². The monoisotopic (exact) mass is 248 g/mol. The Hall–Kier alpha value is -1.39. The molecular weight excluding hydrogens is 231 g/mol. The Morgan fingerprint density at radius 3 is 3.11 bits per heavy atom. The van der Waals surface area contributed by atoms with Crippen LogP contribution in [0.25, 0.3) is 10.9 Å². The minimum absolute atomic E-state index is 0.165. The van der Waals surface area contributed by atoms with Gasteiger partial charge in [-0.2, -0.15) is 0 Å². The molecule has 3 nitrogen and oxygen atoms in total. The van der Waals surface area contributed by atoms with E-state index in [1.807, 2.05) is 12.3 Å². The number of fused-ring (bicyclic) bond motifs is 1. The van der Waals surface area contributed by atoms with Gasteiger partial charge in [0.1, 0.15) is 5.82 Å². The van der Waals surface area contributed by atoms with Gasteiger partial charge in [0.15, 0.2) is 0 Å². The average Bonchev–Trinajstić information content (AvgIpc) is 2.92. The molecule has 96 valence electrons. The van der Waals surface area contributed by atoms with Crippen LogP contribution in [0, 0.1) is 5.82 Å². The summed E-state index contributed by atoms with van der Waals surface area (Å²) in [5.41, 5.74) is 2.07. The second-order valence-electron chi connectivity index (χ2n) is 5.00. The minimum atomic E-state index is -0.210. The van der Waals surface area contributed by atoms with E-state index in [-0.39, 0.29) is 11.9 Å². The summed E-state index contributed by atoms with van der Waals surface area (Å²) in [6, 6.07) is 4.85. The number of hydrogen-bond donors (Lipinski definition) is 2. The summed E-state index contributed by atoms with van der Waals surface area (Å²) in [5, 5.41) is 10.6. The molecule has 2 heterocycles. The van der Waals surface area contributed by atoms with Crippen LogP contribution in [0.1, 0.15) is 12.0 Å². The first kappa shape index (κ1) is 11.7. The molecule has 0 aliphatic carbocycles. The SMILES string of the molecule is OC1CCN(CCc2c[nH]c3cc(F)ccc23)C1. The largest absolute Gasteiger partial charge is 0.392 e. The molecule has 1 fully saturated rings. The fourth-order valence-corrected chi connectivity index (χ4v) is 2.66. The minimum Gasteiger partial charge on any atom is -0.392 e. The highest BCUT2D eigenvalue weighted by Crippen LogP contribution is 2.20. The molecule has 0 spiro atoms. The first-order valence-electron chi connectivity index (χ1n) is 6.38. The molecule has 4 heteroatoms. The Kier molecular flexibility index (Phi) is 3.06. The first-order valence-corrected chi connectivity index (χ1v) is 6.38. The molecule has 1 atom stereocenters. The molecule has 1 aromatic heterocycles. The predicted molar refractivity (Wildman–Crippen MR) is 69.0 cm³/mol. The van der Waals surface area contributed by atoms with Crippen molar-refractivity contribution in [1.29, 1.82) is 0 Å². The van der Waals surface area contributed by atoms with E-state index in [0.717, 1.165) is 43.4 Å². The third-order valence-electron chi connectivity index (χ3n) is 3.67. The summed E-state index contributed by atoms with van der Waals surface area (Å²) in [5.74, 6) is -0.210. The number of aliphatic hydroxyl groups is 1. The lowest BCUT2D eigenvalue weighted by atomic mass is 10.1. The van der Waals surface area contributed by atoms with Crippen molar-refractivity contribution < 1.29 is 9.50 Å². The zero-order chi connectivity index (χ0) is 12.5. The second kappa shape index (κ2) is 4.71. The predicted octanol–water partition coefficient (Wildman–Crippen LogP) is 1.92. The molecule has 0 bridgehead atoms. The van der Waals surface area contributed by atoms with Crippen LogP contribution in [0.2, 0.25) is 0 Å². The molecule has 18 heavy (non-hydrogen) atoms. The third-order valence-corrected chi connectivity index (χ3v) is 3.67. The standard InChI is InChI=1S/C14H17FN2O/c15-11-1-2-13-10(8-16-14(13)7-11)3-5-17-6-4-12(18)9-17/h1-2,7-8,12,16,18H,3-6,9H2. The molecule has 1 saturated heterocycles. The van der Waals surface area contributed by atoms with Crippen molar-refractivity contribution in [1.82, 2.24) is 9.88 Å². The molecule has 0 saturated carbocycles. The summed E-state index contributed by atoms with van der Waals surface area (Å²) in [6.45, 7) is 2.69. The highest BCUT2D eigenvalue weighted by molar-refractivity contribution is 5.83. The fraction of sp³-hybridized carbons (Fsp3) is 0.429. The summed E-state index contributed by atoms with van der Waals surface area (Å²) < 4.78 is 13.1. The van der Waals surface area contributed by atoms with Crippen molar-refractivity contribution in [3.8, 4) is 0 Å². The highest BCUT2D eigenvalue weighted by Gasteiger charge is 2.19. The van der Waals surface area contributed by atoms with E-state index in [2.05, 4.69) is 9.88 Å². The van der Waals surface area contributed by atoms with Gasteiger partial charge in [-0.1, -0.05) is 0 Å². The van der Waals surface area contributed by atoms with Crippen LogP contribution in [-0.2, 0) is 6.42 Å². The number of hydrogen-bond acceptors (Lipinski definition) is 2. The van der Waals surface area contributed by atoms with Crippen LogP contribution in [0.4, 0.5) is 4.39 Å². The summed E-state index contributed by atoms with van der Waals surface area (Å²) in [4.78, 5) is 5.38. The van der Waals surface area contributed by atoms with Gasteiger partial charge in [0.25, 0.3) is 0 Å². The van der Waals surface area contributed by atoms with Crippen LogP contribution in [0.3, 0.4) is 0 Å². The van der Waals surface area contributed by atoms with Crippen molar-refractivity contribution in [3.63, 3.8) is 0 Å². The van der Waals surface area contributed by atoms with Gasteiger partial charge in [-0.3, -0.25) is 0 Å². The topological polar surface area (TPSA) is 39.3 Å². The van der Waals surface area contributed by atoms with E-state index in [0.29, 0.717) is 0 Å². The number of nitrogens with one attached hydrogen (secondary N) is 1. The lowest BCUT2D eigenvalue weighted by Gasteiger charge is -2.13. The van der Waals surface area contributed by atoms with Gasteiger partial charge in [-0.05, 0) is 36.6 Å². The molecule has 1 aliphatic rings. The molecule has 1 unspecified atom stereocenters. The van der Waals surface area contributed by atoms with Crippen molar-refractivity contribution >= 4 is 10.9 Å². The smallest absolute Gasteiger partial charge is 0.125 e. The maximum absolute atomic E-state index is 13.1. The maximum atomic E-state index is 13.1. The number of H-pyrrole nitrogens is 1. The number of nitrogens with zero attached hydrogens (tertiary/aromatic N) is 1. The fourth-order valence-electron chi connectivity index (χ4n) is 2.66. The zero-order valence-corrected chi connectivity index (χ0v) is 10.2. The number of aromatic amines is 1. The summed E-state index contributed by atoms with van der Waals surface area (Å²) >= 11 is 0. The normalized spacial score (nSPS) is 20.9. The maximum Gasteiger partial charge on any atom is 0.125 e. The van der Waals surface area contributed by atoms with E-state index in [1.165, 1.54) is 17.7 Å². The van der Waals surface area contributed by atoms with E-state index in [4.69, 9.17) is 0 Å². The molecule has 1 aromatic carbocycles. The molecule has 3 rings (SSSR count). The van der Waals surface area contributed by atoms with Gasteiger partial charge in [-0.25, -0.2) is 4.39 Å². The van der Waals surface area contributed by atoms with Gasteiger partial charge < -0.3 is 15.0 Å². The summed E-state index contributed by atoms with van der Waals surface area (Å²) in [6.07, 6.45) is 3.59. The third kappa shape index (κ3) is 2.26. The quantitative estimate of drug-likeness (QED) is 0.871. The first-order chi connectivity index (χ1) is 8.72. The van der Waals surface area contributed by atoms with Crippen LogP contribution < -0.4 is 0 Å². The van der Waals surface area contributed by atoms with Crippen molar-refractivity contribution in [2.45, 2.75) is 18.9 Å². The van der Waals surface area contributed by atoms with E-state index in [9.17, 15) is 9.50 Å². The highest BCUT2D eigenvalue weighted by atomic mass is 19.1. The van der Waals surface area contributed by atoms with Crippen molar-refractivity contribution in [2.75, 3.05) is 19.6 Å². The Bertz CT molecular complexity index is 552. The Morgan fingerprint density at radius 2 is 2.33 bits per heavy atom. The van der Waals surface area contributed by atoms with Gasteiger partial charge >= 0.3 is 0 Å². The number of benzene rings is 1. The number of likely N-dealkylation sites (tertiary alicyclic amines) is 1. The lowest BCUT2D eigenvalue weighted by molar-refractivity contribution is 0.177. The number of aromatic nitrogens is 1. The van der Waals surface area contributed by atoms with Gasteiger partial charge in [0.05, 0.1) is 6.10 Å². The number of rotatable bonds is 3. The number of β-amino-alcohol motifs (C(OH)–C–C–N with tert-alkyl or cyclic N) is 1. The van der Waals surface area contributed by atoms with Crippen LogP contribution in [0.5, 0.6) is 0 Å². The Morgan fingerprint density at radius 1 is 1.44 bits per heavy atom. The number of aliphatic hydroxyl groups excluding tert-OH is 1. The van der Waals surface area contributed by atoms with Gasteiger partial charge in [0, 0.05) is 36.7 Å². The van der Waals surface area contributed by atoms with Crippen LogP contribution in [-0.4, -0.2) is 40.7 Å². The molecule has 1 aliphatic heterocycles. The molecule has 2 aromatic rings. The molecule has 2 N–H and O–H groups in total. The van der Waals surface area contributed by atoms with Crippen molar-refractivity contribution in [3.05, 3.63) is 35.8 Å². The van der Waals surface area contributed by atoms with Crippen molar-refractivity contribution in [2.24, 2.45) is 0 Å². The van der Waals surface area contributed by atoms with E-state index >= 15 is 0 Å².